The Labute approximate surface area is 290 Å². The van der Waals surface area contributed by atoms with E-state index in [1.165, 1.54) is 24.3 Å². The van der Waals surface area contributed by atoms with E-state index in [1.54, 1.807) is 20.8 Å². The smallest absolute Gasteiger partial charge is 0.501 e. The normalized spacial score (nSPS) is 12.4. The number of carbonyl (C=O) groups excluding carboxylic acids is 1. The second kappa shape index (κ2) is 15.6. The monoisotopic (exact) mass is 811 g/mol. The molecule has 0 fully saturated rings. The Morgan fingerprint density at radius 3 is 2.12 bits per heavy atom. The molecule has 2 aromatic carbocycles. The van der Waals surface area contributed by atoms with Crippen molar-refractivity contribution in [2.75, 3.05) is 26.4 Å². The highest BCUT2D eigenvalue weighted by molar-refractivity contribution is 9.11. The number of aromatic carboxylic acids is 1. The van der Waals surface area contributed by atoms with Gasteiger partial charge in [-0.3, -0.25) is 25.0 Å². The number of hydrogen-bond donors (Lipinski definition) is 1. The van der Waals surface area contributed by atoms with Crippen LogP contribution in [0.3, 0.4) is 0 Å². The van der Waals surface area contributed by atoms with Crippen LogP contribution in [-0.2, 0) is 13.3 Å². The van der Waals surface area contributed by atoms with Crippen LogP contribution < -0.4 is 15.3 Å². The summed E-state index contributed by atoms with van der Waals surface area (Å²) in [5.74, 6) is -2.13. The summed E-state index contributed by atoms with van der Waals surface area (Å²) in [6, 6.07) is 7.78. The first kappa shape index (κ1) is 37.0. The van der Waals surface area contributed by atoms with Gasteiger partial charge in [-0.1, -0.05) is 24.3 Å². The molecule has 0 bridgehead atoms. The van der Waals surface area contributed by atoms with E-state index < -0.39 is 54.1 Å². The predicted octanol–water partition coefficient (Wildman–Crippen LogP) is 5.45. The number of benzene rings is 3. The third-order valence-corrected chi connectivity index (χ3v) is 11.7. The van der Waals surface area contributed by atoms with Crippen molar-refractivity contribution < 1.29 is 47.3 Å². The minimum atomic E-state index is -3.11. The average Bonchev–Trinajstić information content (AvgIpc) is 3.04. The van der Waals surface area contributed by atoms with Gasteiger partial charge < -0.3 is 37.4 Å². The van der Waals surface area contributed by atoms with Gasteiger partial charge in [0.15, 0.2) is 11.3 Å². The molecular weight excluding hydrogens is 784 g/mol. The quantitative estimate of drug-likeness (QED) is 0.0646. The zero-order valence-corrected chi connectivity index (χ0v) is 30.0. The maximum Gasteiger partial charge on any atom is 0.501 e. The van der Waals surface area contributed by atoms with Gasteiger partial charge in [-0.2, -0.15) is 0 Å². The molecule has 2 aromatic rings. The molecule has 0 amide bonds. The highest BCUT2D eigenvalue weighted by Crippen LogP contribution is 2.50. The van der Waals surface area contributed by atoms with Gasteiger partial charge in [-0.05, 0) is 64.6 Å². The Balaban J connectivity index is 1.91. The fourth-order valence-corrected chi connectivity index (χ4v) is 9.01. The molecule has 0 saturated carbocycles. The number of hydrogen-bond acceptors (Lipinski definition) is 13. The van der Waals surface area contributed by atoms with Crippen molar-refractivity contribution in [1.82, 2.24) is 0 Å². The van der Waals surface area contributed by atoms with Crippen LogP contribution in [0.25, 0.3) is 33.4 Å². The lowest BCUT2D eigenvalue weighted by atomic mass is 9.90. The van der Waals surface area contributed by atoms with Crippen LogP contribution in [0, 0.1) is 20.2 Å². The molecule has 0 radical (unpaired) electrons. The van der Waals surface area contributed by atoms with Crippen molar-refractivity contribution in [3.8, 4) is 28.2 Å². The number of nitrogens with zero attached hydrogens (tertiary/aromatic N) is 2. The predicted molar refractivity (Wildman–Crippen MR) is 179 cm³/mol. The Kier molecular flexibility index (Phi) is 12.1. The minimum absolute atomic E-state index is 0.0148. The minimum Gasteiger partial charge on any atom is -0.545 e. The third-order valence-electron chi connectivity index (χ3n) is 7.16. The van der Waals surface area contributed by atoms with E-state index in [0.717, 1.165) is 12.1 Å². The summed E-state index contributed by atoms with van der Waals surface area (Å²) in [7, 11) is -3.11. The molecule has 1 atom stereocenters. The number of rotatable bonds is 16. The maximum absolute atomic E-state index is 12.9. The summed E-state index contributed by atoms with van der Waals surface area (Å²) in [5.41, 5.74) is -3.02. The van der Waals surface area contributed by atoms with Gasteiger partial charge in [0.25, 0.3) is 5.43 Å². The number of carboxylic acid groups (broad SMARTS) is 1. The molecular formula is C30H29Br2N2O13Si-. The Morgan fingerprint density at radius 1 is 0.958 bits per heavy atom. The van der Waals surface area contributed by atoms with E-state index in [0.29, 0.717) is 19.8 Å². The molecule has 1 aliphatic heterocycles. The van der Waals surface area contributed by atoms with Crippen molar-refractivity contribution in [2.24, 2.45) is 0 Å². The third kappa shape index (κ3) is 7.43. The molecule has 0 aromatic heterocycles. The number of ether oxygens (including phenoxy) is 1. The number of nitro groups is 2. The van der Waals surface area contributed by atoms with E-state index in [2.05, 4.69) is 31.9 Å². The number of halogens is 2. The van der Waals surface area contributed by atoms with E-state index in [-0.39, 0.29) is 66.1 Å². The molecule has 1 unspecified atom stereocenters. The molecule has 1 heterocycles. The lowest BCUT2D eigenvalue weighted by Crippen LogP contribution is -2.46. The molecule has 2 aliphatic rings. The van der Waals surface area contributed by atoms with Gasteiger partial charge in [0.1, 0.15) is 15.6 Å². The summed E-state index contributed by atoms with van der Waals surface area (Å²) in [6.45, 7) is 5.98. The van der Waals surface area contributed by atoms with Gasteiger partial charge in [0.2, 0.25) is 5.75 Å². The molecule has 0 saturated heterocycles. The first-order valence-electron chi connectivity index (χ1n) is 14.6. The molecule has 256 valence electrons. The lowest BCUT2D eigenvalue weighted by Gasteiger charge is -2.29. The van der Waals surface area contributed by atoms with Crippen LogP contribution in [0.4, 0.5) is 11.4 Å². The Bertz CT molecular complexity index is 1880. The highest BCUT2D eigenvalue weighted by Gasteiger charge is 2.41. The van der Waals surface area contributed by atoms with E-state index in [9.17, 15) is 40.0 Å². The molecule has 48 heavy (non-hydrogen) atoms. The van der Waals surface area contributed by atoms with E-state index >= 15 is 0 Å². The lowest BCUT2D eigenvalue weighted by molar-refractivity contribution is -0.386. The number of nitro benzene ring substituents is 2. The fraction of sp³-hybridized carbons (Fsp3) is 0.333. The van der Waals surface area contributed by atoms with Gasteiger partial charge in [-0.25, -0.2) is 0 Å². The van der Waals surface area contributed by atoms with Crippen LogP contribution in [0.15, 0.2) is 54.6 Å². The van der Waals surface area contributed by atoms with Crippen molar-refractivity contribution >= 4 is 69.0 Å². The fourth-order valence-electron chi connectivity index (χ4n) is 5.21. The summed E-state index contributed by atoms with van der Waals surface area (Å²) < 4.78 is 28.9. The molecule has 4 rings (SSSR count). The number of aliphatic hydroxyl groups excluding tert-OH is 1. The molecule has 1 N–H and O–H groups in total. The SMILES string of the molecule is CCO[Si](CCC(O)COc1c([N+](=O)[O-])cc2c(-c3ccccc3C(=O)[O-])c3cc([N+](=O)[O-])c(=O)c(Br)c-3oc2c1Br)(OCC)OCC. The standard InChI is InChI=1S/C30H30Br2N2O13Si/c1-4-44-48(45-5-2,46-6-3)12-11-16(35)15-43-29-22(34(41)42)14-20-23(17-9-7-8-10-18(17)30(37)38)19-13-21(33(39)40)26(36)24(31)27(19)47-28(20)25(29)32/h7-10,13-14,16,35H,4-6,11-12,15H2,1-3H3,(H,37,38)/p-1. The van der Waals surface area contributed by atoms with Gasteiger partial charge in [0.05, 0.1) is 21.9 Å². The number of non-ortho nitro benzene ring substituents is 1. The molecule has 15 nitrogen and oxygen atoms in total. The highest BCUT2D eigenvalue weighted by atomic mass is 79.9. The second-order valence-electron chi connectivity index (χ2n) is 10.1. The topological polar surface area (TPSA) is 214 Å². The Morgan fingerprint density at radius 2 is 1.56 bits per heavy atom. The molecule has 0 spiro atoms. The maximum atomic E-state index is 12.9. The van der Waals surface area contributed by atoms with Crippen molar-refractivity contribution in [2.45, 2.75) is 39.3 Å². The first-order valence-corrected chi connectivity index (χ1v) is 18.1. The Hall–Kier alpha value is -3.78. The average molecular weight is 813 g/mol. The zero-order valence-electron chi connectivity index (χ0n) is 25.8. The van der Waals surface area contributed by atoms with Crippen molar-refractivity contribution in [3.05, 3.63) is 81.4 Å². The molecule has 18 heteroatoms. The number of carbonyl (C=O) groups is 1. The van der Waals surface area contributed by atoms with Crippen LogP contribution in [-0.4, -0.2) is 62.3 Å². The van der Waals surface area contributed by atoms with Crippen LogP contribution >= 0.6 is 31.9 Å². The summed E-state index contributed by atoms with van der Waals surface area (Å²) in [4.78, 5) is 47.5. The van der Waals surface area contributed by atoms with Crippen LogP contribution in [0.1, 0.15) is 37.6 Å². The number of carboxylic acids is 1. The first-order chi connectivity index (χ1) is 22.8. The summed E-state index contributed by atoms with van der Waals surface area (Å²) in [6.07, 6.45) is -1.03. The summed E-state index contributed by atoms with van der Waals surface area (Å²) in [5, 5.41) is 47.1. The zero-order chi connectivity index (χ0) is 35.3. The van der Waals surface area contributed by atoms with Gasteiger partial charge >= 0.3 is 20.2 Å². The van der Waals surface area contributed by atoms with E-state index in [1.807, 2.05) is 0 Å². The molecule has 1 aliphatic carbocycles. The van der Waals surface area contributed by atoms with Gasteiger partial charge in [-0.15, -0.1) is 0 Å². The van der Waals surface area contributed by atoms with Crippen LogP contribution in [0.2, 0.25) is 6.04 Å². The van der Waals surface area contributed by atoms with Gasteiger partial charge in [0, 0.05) is 60.1 Å². The van der Waals surface area contributed by atoms with E-state index in [4.69, 9.17) is 22.4 Å². The number of fused-ring (bicyclic) bond motifs is 2. The summed E-state index contributed by atoms with van der Waals surface area (Å²) >= 11 is 6.40. The van der Waals surface area contributed by atoms with Crippen LogP contribution in [0.5, 0.6) is 5.75 Å². The number of aliphatic hydroxyl groups is 1. The van der Waals surface area contributed by atoms with Crippen molar-refractivity contribution in [3.63, 3.8) is 0 Å². The van der Waals surface area contributed by atoms with Crippen molar-refractivity contribution in [1.29, 1.82) is 0 Å². The largest absolute Gasteiger partial charge is 0.545 e. The second-order valence-corrected chi connectivity index (χ2v) is 14.5.